The van der Waals surface area contributed by atoms with E-state index < -0.39 is 15.6 Å². The number of nitrogens with one attached hydrogen (secondary N) is 4. The second-order valence-electron chi connectivity index (χ2n) is 27.8. The molecule has 10 heterocycles. The standard InChI is InChI=1S/C15H21ClN4O2S.C15H17ClN4O.C15H19ClN4O.C14H17ClN4O.C12H14ClN5O/c1-15(2)10-19(5-6-20(15)23(4,21)22)14-8-11(16)7-13-12(14)9-17-18(13)3;16-11-7-13-12(9-17-18-13)14(8-11)19-3-5-20(6-4-19)15(21)10-1-2-10;1-10(2)15(21)20-5-3-19(4-6-20)14-8-11(16)7-13-12(14)9-17-18-13;1-2-14(20)19-5-3-18(4-6-19)13-8-10(15)7-12-11(13)9-16-17-12;13-8-5-10-9(7-15-16-10)11(6-8)17-1-3-18(4-2-17)12(14)19/h7-9H,5-6,10H2,1-4H3;7-10H,1-6H2,(H,17,18);7-10H,3-6H2,1-2H3,(H,17,18);7-9H,2-6H2,1H3,(H,16,17);5-7H,1-4H2,(H2,14,19)(H,15,16). The third-order valence-electron chi connectivity index (χ3n) is 19.9. The maximum absolute atomic E-state index is 12.1. The molecule has 0 atom stereocenters. The number of aromatic nitrogens is 10. The van der Waals surface area contributed by atoms with E-state index in [1.165, 1.54) is 6.26 Å². The van der Waals surface area contributed by atoms with Gasteiger partial charge in [-0.05, 0) is 87.4 Å². The number of nitrogens with two attached hydrogens (primary N) is 1. The highest BCUT2D eigenvalue weighted by Gasteiger charge is 2.40. The number of anilines is 5. The van der Waals surface area contributed by atoms with Crippen LogP contribution in [0, 0.1) is 11.8 Å². The number of piperazine rings is 5. The van der Waals surface area contributed by atoms with Gasteiger partial charge in [-0.2, -0.15) is 29.8 Å². The first-order valence-electron chi connectivity index (χ1n) is 35.0. The number of hydrogen-bond donors (Lipinski definition) is 5. The molecule has 0 radical (unpaired) electrons. The average molecular weight is 1540 g/mol. The molecule has 16 rings (SSSR count). The van der Waals surface area contributed by atoms with Crippen molar-refractivity contribution in [1.29, 1.82) is 0 Å². The Kier molecular flexibility index (Phi) is 23.2. The van der Waals surface area contributed by atoms with E-state index in [4.69, 9.17) is 63.7 Å². The van der Waals surface area contributed by atoms with Gasteiger partial charge in [-0.15, -0.1) is 0 Å². The summed E-state index contributed by atoms with van der Waals surface area (Å²) in [5.41, 5.74) is 14.8. The molecule has 1 saturated carbocycles. The molecule has 1 aliphatic carbocycles. The van der Waals surface area contributed by atoms with Gasteiger partial charge in [-0.3, -0.25) is 39.5 Å². The summed E-state index contributed by atoms with van der Waals surface area (Å²) in [6, 6.07) is 18.8. The topological polar surface area (TPSA) is 293 Å². The van der Waals surface area contributed by atoms with Gasteiger partial charge in [0.05, 0.1) is 64.8 Å². The molecular weight excluding hydrogens is 1450 g/mol. The zero-order valence-corrected chi connectivity index (χ0v) is 63.9. The average Bonchev–Trinajstić information content (AvgIpc) is 1.14. The number of halogens is 5. The Labute approximate surface area is 628 Å². The van der Waals surface area contributed by atoms with E-state index in [1.807, 2.05) is 142 Å². The van der Waals surface area contributed by atoms with Gasteiger partial charge in [-0.25, -0.2) is 13.2 Å². The number of amides is 5. The lowest BCUT2D eigenvalue weighted by molar-refractivity contribution is -0.135. The van der Waals surface area contributed by atoms with E-state index in [0.29, 0.717) is 76.1 Å². The lowest BCUT2D eigenvalue weighted by atomic mass is 10.0. The lowest BCUT2D eigenvalue weighted by Gasteiger charge is -2.46. The Bertz CT molecular complexity index is 4740. The number of hydrogen-bond acceptors (Lipinski definition) is 16. The second kappa shape index (κ2) is 32.1. The molecule has 104 heavy (non-hydrogen) atoms. The summed E-state index contributed by atoms with van der Waals surface area (Å²) in [6.07, 6.45) is 13.1. The van der Waals surface area contributed by atoms with Crippen molar-refractivity contribution in [1.82, 2.24) is 74.5 Å². The molecule has 33 heteroatoms. The highest BCUT2D eigenvalue weighted by atomic mass is 35.5. The number of aromatic amines is 4. The van der Waals surface area contributed by atoms with Gasteiger partial charge in [0.15, 0.2) is 0 Å². The summed E-state index contributed by atoms with van der Waals surface area (Å²) in [7, 11) is -1.34. The van der Waals surface area contributed by atoms with Crippen LogP contribution in [0.25, 0.3) is 54.5 Å². The molecule has 5 aromatic carbocycles. The Morgan fingerprint density at radius 1 is 0.490 bits per heavy atom. The maximum Gasteiger partial charge on any atom is 0.314 e. The van der Waals surface area contributed by atoms with Crippen LogP contribution in [-0.2, 0) is 31.5 Å². The number of aryl methyl sites for hydroxylation is 1. The Morgan fingerprint density at radius 2 is 0.837 bits per heavy atom. The fourth-order valence-corrected chi connectivity index (χ4v) is 16.8. The normalized spacial score (nSPS) is 17.4. The van der Waals surface area contributed by atoms with E-state index in [9.17, 15) is 27.6 Å². The van der Waals surface area contributed by atoms with Crippen LogP contribution in [0.5, 0.6) is 0 Å². The third-order valence-corrected chi connectivity index (χ3v) is 22.4. The second-order valence-corrected chi connectivity index (χ2v) is 31.9. The Morgan fingerprint density at radius 3 is 1.18 bits per heavy atom. The molecule has 10 aromatic rings. The summed E-state index contributed by atoms with van der Waals surface area (Å²) < 4.78 is 27.3. The maximum atomic E-state index is 12.1. The van der Waals surface area contributed by atoms with Crippen LogP contribution >= 0.6 is 58.0 Å². The van der Waals surface area contributed by atoms with E-state index in [0.717, 1.165) is 187 Å². The molecule has 5 aromatic heterocycles. The number of sulfonamides is 1. The summed E-state index contributed by atoms with van der Waals surface area (Å²) in [5, 5.41) is 41.1. The highest BCUT2D eigenvalue weighted by molar-refractivity contribution is 7.88. The molecular formula is C71H88Cl5N21O6S. The van der Waals surface area contributed by atoms with Gasteiger partial charge in [-0.1, -0.05) is 78.8 Å². The number of benzene rings is 5. The van der Waals surface area contributed by atoms with Crippen molar-refractivity contribution in [2.24, 2.45) is 24.6 Å². The monoisotopic (exact) mass is 1540 g/mol. The van der Waals surface area contributed by atoms with Crippen LogP contribution in [0.3, 0.4) is 0 Å². The quantitative estimate of drug-likeness (QED) is 0.0897. The summed E-state index contributed by atoms with van der Waals surface area (Å²) in [5.74, 6) is 1.17. The minimum absolute atomic E-state index is 0.0586. The first-order valence-corrected chi connectivity index (χ1v) is 38.7. The predicted octanol–water partition coefficient (Wildman–Crippen LogP) is 10.6. The first-order chi connectivity index (χ1) is 49.7. The van der Waals surface area contributed by atoms with Gasteiger partial charge in [0.2, 0.25) is 27.7 Å². The van der Waals surface area contributed by atoms with Gasteiger partial charge in [0, 0.05) is 236 Å². The molecule has 5 aliphatic heterocycles. The van der Waals surface area contributed by atoms with Crippen LogP contribution in [0.1, 0.15) is 53.9 Å². The number of urea groups is 1. The van der Waals surface area contributed by atoms with Crippen molar-refractivity contribution in [3.05, 3.63) is 117 Å². The molecule has 5 saturated heterocycles. The van der Waals surface area contributed by atoms with Crippen LogP contribution in [0.15, 0.2) is 91.6 Å². The SMILES string of the molecule is CC(C)C(=O)N1CCN(c2cc(Cl)cc3[nH]ncc23)CC1.CCC(=O)N1CCN(c2cc(Cl)cc3[nH]ncc23)CC1.Cn1ncc2c(N3CCN(S(C)(=O)=O)C(C)(C)C3)cc(Cl)cc21.NC(=O)N1CCN(c2cc(Cl)cc3[nH]ncc23)CC1.O=C(C1CC1)N1CCN(c2cc(Cl)cc3[nH]ncc23)CC1. The molecule has 6 fully saturated rings. The Hall–Kier alpha value is -8.51. The summed E-state index contributed by atoms with van der Waals surface area (Å²) in [6.45, 7) is 23.7. The molecule has 6 aliphatic rings. The minimum atomic E-state index is -3.22. The van der Waals surface area contributed by atoms with Gasteiger partial charge >= 0.3 is 6.03 Å². The van der Waals surface area contributed by atoms with Crippen molar-refractivity contribution in [2.45, 2.75) is 59.4 Å². The van der Waals surface area contributed by atoms with E-state index in [1.54, 1.807) is 20.1 Å². The van der Waals surface area contributed by atoms with Crippen LogP contribution in [0.4, 0.5) is 33.2 Å². The zero-order chi connectivity index (χ0) is 73.9. The van der Waals surface area contributed by atoms with E-state index in [-0.39, 0.29) is 23.8 Å². The van der Waals surface area contributed by atoms with E-state index in [2.05, 4.69) is 70.4 Å². The largest absolute Gasteiger partial charge is 0.368 e. The van der Waals surface area contributed by atoms with Crippen LogP contribution < -0.4 is 30.2 Å². The Balaban J connectivity index is 0.000000122. The number of nitrogens with zero attached hydrogens (tertiary/aromatic N) is 16. The molecule has 27 nitrogen and oxygen atoms in total. The van der Waals surface area contributed by atoms with Gasteiger partial charge in [0.1, 0.15) is 0 Å². The van der Waals surface area contributed by atoms with Gasteiger partial charge < -0.3 is 49.8 Å². The smallest absolute Gasteiger partial charge is 0.314 e. The molecule has 0 unspecified atom stereocenters. The number of carbonyl (C=O) groups excluding carboxylic acids is 4. The van der Waals surface area contributed by atoms with Crippen LogP contribution in [-0.4, -0.2) is 243 Å². The van der Waals surface area contributed by atoms with E-state index >= 15 is 0 Å². The number of rotatable bonds is 9. The number of primary amides is 1. The fraction of sp³-hybridized carbons (Fsp3) is 0.451. The summed E-state index contributed by atoms with van der Waals surface area (Å²) in [4.78, 5) is 65.7. The van der Waals surface area contributed by atoms with Crippen molar-refractivity contribution in [2.75, 3.05) is 155 Å². The van der Waals surface area contributed by atoms with Crippen LogP contribution in [0.2, 0.25) is 25.1 Å². The summed E-state index contributed by atoms with van der Waals surface area (Å²) >= 11 is 30.9. The zero-order valence-electron chi connectivity index (χ0n) is 59.4. The molecule has 0 spiro atoms. The minimum Gasteiger partial charge on any atom is -0.368 e. The number of H-pyrrole nitrogens is 4. The first kappa shape index (κ1) is 75.2. The number of fused-ring (bicyclic) bond motifs is 5. The van der Waals surface area contributed by atoms with Crippen molar-refractivity contribution < 1.29 is 27.6 Å². The predicted molar refractivity (Wildman–Crippen MR) is 416 cm³/mol. The molecule has 5 amide bonds. The van der Waals surface area contributed by atoms with Crippen molar-refractivity contribution in [3.63, 3.8) is 0 Å². The van der Waals surface area contributed by atoms with Crippen molar-refractivity contribution in [3.8, 4) is 0 Å². The fourth-order valence-electron chi connectivity index (χ4n) is 14.3. The molecule has 0 bridgehead atoms. The third kappa shape index (κ3) is 17.2. The highest BCUT2D eigenvalue weighted by Crippen LogP contribution is 2.38. The van der Waals surface area contributed by atoms with Crippen molar-refractivity contribution >= 4 is 175 Å². The molecule has 554 valence electrons. The van der Waals surface area contributed by atoms with Gasteiger partial charge in [0.25, 0.3) is 0 Å². The molecule has 6 N–H and O–H groups in total. The number of carbonyl (C=O) groups is 4. The lowest BCUT2D eigenvalue weighted by Crippen LogP contribution is -2.60.